The number of carbonyl (C=O) groups is 2. The lowest BCUT2D eigenvalue weighted by Crippen LogP contribution is -2.31. The summed E-state index contributed by atoms with van der Waals surface area (Å²) in [6.07, 6.45) is 1.92. The standard InChI is InChI=1S/C23H22N2O6S/c1-14-8-9-30-22(14)23(27)31-13-21(26)25-17(12-16(24-25)20-5-4-10-32-20)15-6-7-18(28-2)19(11-15)29-3/h4-11,17H,12-13H2,1-3H3. The van der Waals surface area contributed by atoms with Crippen LogP contribution in [0.15, 0.2) is 57.6 Å². The summed E-state index contributed by atoms with van der Waals surface area (Å²) in [4.78, 5) is 26.3. The Morgan fingerprint density at radius 2 is 2.00 bits per heavy atom. The van der Waals surface area contributed by atoms with E-state index in [1.165, 1.54) is 11.3 Å². The molecule has 8 nitrogen and oxygen atoms in total. The van der Waals surface area contributed by atoms with Crippen LogP contribution in [0.5, 0.6) is 11.5 Å². The van der Waals surface area contributed by atoms with Crippen molar-refractivity contribution in [2.24, 2.45) is 5.10 Å². The quantitative estimate of drug-likeness (QED) is 0.497. The minimum Gasteiger partial charge on any atom is -0.493 e. The van der Waals surface area contributed by atoms with Crippen molar-refractivity contribution in [2.45, 2.75) is 19.4 Å². The Bertz CT molecular complexity index is 1150. The summed E-state index contributed by atoms with van der Waals surface area (Å²) in [6.45, 7) is 1.27. The molecule has 2 aromatic heterocycles. The Balaban J connectivity index is 1.57. The van der Waals surface area contributed by atoms with E-state index in [9.17, 15) is 9.59 Å². The highest BCUT2D eigenvalue weighted by Crippen LogP contribution is 2.37. The number of thiophene rings is 1. The Morgan fingerprint density at radius 3 is 2.66 bits per heavy atom. The van der Waals surface area contributed by atoms with Crippen LogP contribution in [0, 0.1) is 6.92 Å². The number of esters is 1. The summed E-state index contributed by atoms with van der Waals surface area (Å²) in [5.41, 5.74) is 2.27. The molecule has 166 valence electrons. The smallest absolute Gasteiger partial charge is 0.375 e. The van der Waals surface area contributed by atoms with Gasteiger partial charge >= 0.3 is 5.97 Å². The molecule has 0 radical (unpaired) electrons. The number of aryl methyl sites for hydroxylation is 1. The van der Waals surface area contributed by atoms with E-state index in [0.29, 0.717) is 23.5 Å². The summed E-state index contributed by atoms with van der Waals surface area (Å²) in [7, 11) is 3.12. The zero-order valence-electron chi connectivity index (χ0n) is 17.9. The third-order valence-corrected chi connectivity index (χ3v) is 6.06. The van der Waals surface area contributed by atoms with Crippen LogP contribution >= 0.6 is 11.3 Å². The highest BCUT2D eigenvalue weighted by molar-refractivity contribution is 7.12. The number of amides is 1. The average molecular weight is 455 g/mol. The fourth-order valence-electron chi connectivity index (χ4n) is 3.49. The molecule has 4 rings (SSSR count). The third-order valence-electron chi connectivity index (χ3n) is 5.14. The van der Waals surface area contributed by atoms with Crippen LogP contribution in [-0.2, 0) is 9.53 Å². The largest absolute Gasteiger partial charge is 0.493 e. The SMILES string of the molecule is COc1ccc(C2CC(c3cccs3)=NN2C(=O)COC(=O)c2occc2C)cc1OC. The number of furan rings is 1. The van der Waals surface area contributed by atoms with Gasteiger partial charge in [-0.3, -0.25) is 4.79 Å². The van der Waals surface area contributed by atoms with Crippen LogP contribution in [0.25, 0.3) is 0 Å². The molecule has 0 saturated heterocycles. The van der Waals surface area contributed by atoms with E-state index in [2.05, 4.69) is 5.10 Å². The van der Waals surface area contributed by atoms with Gasteiger partial charge in [-0.2, -0.15) is 5.10 Å². The normalized spacial score (nSPS) is 15.4. The van der Waals surface area contributed by atoms with Crippen LogP contribution in [0.2, 0.25) is 0 Å². The van der Waals surface area contributed by atoms with Crippen molar-refractivity contribution >= 4 is 28.9 Å². The van der Waals surface area contributed by atoms with E-state index in [0.717, 1.165) is 16.2 Å². The third kappa shape index (κ3) is 4.24. The molecule has 0 bridgehead atoms. The van der Waals surface area contributed by atoms with Gasteiger partial charge in [-0.25, -0.2) is 9.80 Å². The first kappa shape index (κ1) is 21.6. The van der Waals surface area contributed by atoms with Gasteiger partial charge in [0.2, 0.25) is 5.76 Å². The van der Waals surface area contributed by atoms with Gasteiger partial charge in [-0.05, 0) is 42.1 Å². The van der Waals surface area contributed by atoms with Crippen LogP contribution < -0.4 is 9.47 Å². The Labute approximate surface area is 189 Å². The van der Waals surface area contributed by atoms with Gasteiger partial charge in [-0.1, -0.05) is 12.1 Å². The lowest BCUT2D eigenvalue weighted by molar-refractivity contribution is -0.136. The Hall–Kier alpha value is -3.59. The molecule has 1 unspecified atom stereocenters. The van der Waals surface area contributed by atoms with Gasteiger partial charge in [0.25, 0.3) is 5.91 Å². The zero-order chi connectivity index (χ0) is 22.7. The van der Waals surface area contributed by atoms with E-state index in [4.69, 9.17) is 18.6 Å². The maximum atomic E-state index is 13.0. The predicted molar refractivity (Wildman–Crippen MR) is 118 cm³/mol. The monoisotopic (exact) mass is 454 g/mol. The molecule has 0 saturated carbocycles. The summed E-state index contributed by atoms with van der Waals surface area (Å²) in [6, 6.07) is 10.7. The van der Waals surface area contributed by atoms with Gasteiger partial charge in [0.05, 0.1) is 37.1 Å². The van der Waals surface area contributed by atoms with Crippen molar-refractivity contribution in [1.29, 1.82) is 0 Å². The Kier molecular flexibility index (Phi) is 6.27. The summed E-state index contributed by atoms with van der Waals surface area (Å²) < 4.78 is 21.1. The molecule has 1 atom stereocenters. The van der Waals surface area contributed by atoms with Crippen molar-refractivity contribution in [3.8, 4) is 11.5 Å². The van der Waals surface area contributed by atoms with E-state index >= 15 is 0 Å². The lowest BCUT2D eigenvalue weighted by Gasteiger charge is -2.22. The second-order valence-corrected chi connectivity index (χ2v) is 8.05. The first-order valence-electron chi connectivity index (χ1n) is 9.88. The number of methoxy groups -OCH3 is 2. The fourth-order valence-corrected chi connectivity index (χ4v) is 4.21. The second-order valence-electron chi connectivity index (χ2n) is 7.11. The minimum absolute atomic E-state index is 0.0819. The number of rotatable bonds is 7. The molecule has 1 aliphatic heterocycles. The molecule has 0 aliphatic carbocycles. The Morgan fingerprint density at radius 1 is 1.19 bits per heavy atom. The highest BCUT2D eigenvalue weighted by atomic mass is 32.1. The van der Waals surface area contributed by atoms with E-state index in [-0.39, 0.29) is 11.8 Å². The molecule has 32 heavy (non-hydrogen) atoms. The van der Waals surface area contributed by atoms with Gasteiger partial charge in [0.15, 0.2) is 18.1 Å². The molecule has 1 amide bonds. The molecule has 3 aromatic rings. The molecule has 0 fully saturated rings. The summed E-state index contributed by atoms with van der Waals surface area (Å²) in [5.74, 6) is 0.105. The fraction of sp³-hybridized carbons (Fsp3) is 0.261. The second kappa shape index (κ2) is 9.27. The molecule has 1 aliphatic rings. The van der Waals surface area contributed by atoms with Crippen molar-refractivity contribution in [1.82, 2.24) is 5.01 Å². The van der Waals surface area contributed by atoms with Crippen molar-refractivity contribution < 1.29 is 28.2 Å². The van der Waals surface area contributed by atoms with Crippen LogP contribution in [0.1, 0.15) is 39.0 Å². The molecule has 1 aromatic carbocycles. The molecule has 0 spiro atoms. The van der Waals surface area contributed by atoms with E-state index < -0.39 is 18.5 Å². The summed E-state index contributed by atoms with van der Waals surface area (Å²) >= 11 is 1.55. The van der Waals surface area contributed by atoms with E-state index in [1.807, 2.05) is 29.6 Å². The maximum absolute atomic E-state index is 13.0. The number of hydrogen-bond acceptors (Lipinski definition) is 8. The van der Waals surface area contributed by atoms with Crippen LogP contribution in [0.3, 0.4) is 0 Å². The number of ether oxygens (including phenoxy) is 3. The number of hydrazone groups is 1. The molecule has 3 heterocycles. The van der Waals surface area contributed by atoms with Crippen LogP contribution in [-0.4, -0.2) is 43.4 Å². The number of carbonyl (C=O) groups excluding carboxylic acids is 2. The predicted octanol–water partition coefficient (Wildman–Crippen LogP) is 4.20. The number of benzene rings is 1. The number of hydrogen-bond donors (Lipinski definition) is 0. The number of nitrogens with zero attached hydrogens (tertiary/aromatic N) is 2. The molecular formula is C23H22N2O6S. The first-order chi connectivity index (χ1) is 15.5. The highest BCUT2D eigenvalue weighted by Gasteiger charge is 2.34. The molecule has 0 N–H and O–H groups in total. The topological polar surface area (TPSA) is 90.6 Å². The average Bonchev–Trinajstić information content (AvgIpc) is 3.57. The van der Waals surface area contributed by atoms with Gasteiger partial charge in [-0.15, -0.1) is 11.3 Å². The van der Waals surface area contributed by atoms with E-state index in [1.54, 1.807) is 44.6 Å². The first-order valence-corrected chi connectivity index (χ1v) is 10.8. The summed E-state index contributed by atoms with van der Waals surface area (Å²) in [5, 5.41) is 7.90. The van der Waals surface area contributed by atoms with Gasteiger partial charge in [0, 0.05) is 12.0 Å². The van der Waals surface area contributed by atoms with Gasteiger partial charge in [0.1, 0.15) is 0 Å². The minimum atomic E-state index is -0.690. The van der Waals surface area contributed by atoms with Crippen molar-refractivity contribution in [2.75, 3.05) is 20.8 Å². The molecular weight excluding hydrogens is 432 g/mol. The van der Waals surface area contributed by atoms with Crippen LogP contribution in [0.4, 0.5) is 0 Å². The van der Waals surface area contributed by atoms with Crippen molar-refractivity contribution in [3.05, 3.63) is 69.8 Å². The lowest BCUT2D eigenvalue weighted by atomic mass is 10.0. The van der Waals surface area contributed by atoms with Gasteiger partial charge < -0.3 is 18.6 Å². The van der Waals surface area contributed by atoms with Crippen molar-refractivity contribution in [3.63, 3.8) is 0 Å². The zero-order valence-corrected chi connectivity index (χ0v) is 18.7. The maximum Gasteiger partial charge on any atom is 0.375 e. The molecule has 9 heteroatoms.